The van der Waals surface area contributed by atoms with Gasteiger partial charge in [-0.2, -0.15) is 0 Å². The minimum atomic E-state index is -2.82. The van der Waals surface area contributed by atoms with Crippen molar-refractivity contribution in [3.05, 3.63) is 12.3 Å². The van der Waals surface area contributed by atoms with E-state index in [1.165, 1.54) is 6.26 Å². The van der Waals surface area contributed by atoms with Crippen LogP contribution in [0, 0.1) is 0 Å². The quantitative estimate of drug-likeness (QED) is 0.479. The van der Waals surface area contributed by atoms with E-state index in [1.807, 2.05) is 6.92 Å². The van der Waals surface area contributed by atoms with Crippen LogP contribution in [0.15, 0.2) is 12.3 Å². The van der Waals surface area contributed by atoms with Crippen molar-refractivity contribution >= 4 is 7.60 Å². The Morgan fingerprint density at radius 1 is 1.33 bits per heavy atom. The van der Waals surface area contributed by atoms with Gasteiger partial charge in [0.2, 0.25) is 0 Å². The highest BCUT2D eigenvalue weighted by Gasteiger charge is 2.19. The van der Waals surface area contributed by atoms with E-state index in [2.05, 4.69) is 0 Å². The molecule has 0 fully saturated rings. The Kier molecular flexibility index (Phi) is 6.13. The van der Waals surface area contributed by atoms with E-state index in [4.69, 9.17) is 9.05 Å². The fourth-order valence-electron chi connectivity index (χ4n) is 0.625. The summed E-state index contributed by atoms with van der Waals surface area (Å²) in [6.45, 7) is 5.99. The van der Waals surface area contributed by atoms with Gasteiger partial charge in [-0.1, -0.05) is 13.8 Å². The summed E-state index contributed by atoms with van der Waals surface area (Å²) in [6, 6.07) is 0. The van der Waals surface area contributed by atoms with Crippen LogP contribution >= 0.6 is 7.60 Å². The molecule has 0 aromatic heterocycles. The number of allylic oxidation sites excluding steroid dienone is 1. The number of hydrogen-bond donors (Lipinski definition) is 0. The molecule has 1 atom stereocenters. The molecule has 0 spiro atoms. The SMILES string of the molecule is CCC=COP(=O)(CC)OCC. The first kappa shape index (κ1) is 11.7. The molecule has 0 aliphatic heterocycles. The Hall–Kier alpha value is -0.270. The summed E-state index contributed by atoms with van der Waals surface area (Å²) in [7, 11) is -2.82. The van der Waals surface area contributed by atoms with Gasteiger partial charge in [0, 0.05) is 0 Å². The van der Waals surface area contributed by atoms with E-state index in [0.29, 0.717) is 12.8 Å². The topological polar surface area (TPSA) is 35.5 Å². The average molecular weight is 192 g/mol. The molecule has 0 bridgehead atoms. The lowest BCUT2D eigenvalue weighted by molar-refractivity contribution is 0.263. The van der Waals surface area contributed by atoms with E-state index < -0.39 is 7.60 Å². The third-order valence-electron chi connectivity index (χ3n) is 1.27. The van der Waals surface area contributed by atoms with Crippen molar-refractivity contribution in [2.45, 2.75) is 27.2 Å². The summed E-state index contributed by atoms with van der Waals surface area (Å²) in [5, 5.41) is 0. The van der Waals surface area contributed by atoms with Gasteiger partial charge in [-0.15, -0.1) is 0 Å². The fraction of sp³-hybridized carbons (Fsp3) is 0.750. The van der Waals surface area contributed by atoms with Crippen molar-refractivity contribution in [1.82, 2.24) is 0 Å². The van der Waals surface area contributed by atoms with Crippen molar-refractivity contribution in [2.24, 2.45) is 0 Å². The first-order chi connectivity index (χ1) is 5.68. The second-order valence-electron chi connectivity index (χ2n) is 2.23. The van der Waals surface area contributed by atoms with Crippen LogP contribution in [-0.2, 0) is 13.6 Å². The Morgan fingerprint density at radius 2 is 2.00 bits per heavy atom. The summed E-state index contributed by atoms with van der Waals surface area (Å²) in [4.78, 5) is 0. The molecule has 12 heavy (non-hydrogen) atoms. The lowest BCUT2D eigenvalue weighted by Crippen LogP contribution is -1.93. The van der Waals surface area contributed by atoms with Crippen molar-refractivity contribution < 1.29 is 13.6 Å². The number of hydrogen-bond acceptors (Lipinski definition) is 3. The van der Waals surface area contributed by atoms with Crippen LogP contribution in [0.1, 0.15) is 27.2 Å². The monoisotopic (exact) mass is 192 g/mol. The van der Waals surface area contributed by atoms with Gasteiger partial charge >= 0.3 is 7.60 Å². The maximum atomic E-state index is 11.6. The molecule has 0 amide bonds. The predicted molar refractivity (Wildman–Crippen MR) is 50.3 cm³/mol. The molecule has 1 unspecified atom stereocenters. The van der Waals surface area contributed by atoms with Gasteiger partial charge in [-0.05, 0) is 19.4 Å². The molecule has 72 valence electrons. The molecule has 0 aromatic rings. The maximum Gasteiger partial charge on any atom is 0.378 e. The maximum absolute atomic E-state index is 11.6. The van der Waals surface area contributed by atoms with Gasteiger partial charge in [-0.25, -0.2) is 4.57 Å². The molecule has 0 aromatic carbocycles. The van der Waals surface area contributed by atoms with Crippen molar-refractivity contribution in [1.29, 1.82) is 0 Å². The lowest BCUT2D eigenvalue weighted by atomic mass is 10.5. The van der Waals surface area contributed by atoms with Crippen LogP contribution in [-0.4, -0.2) is 12.8 Å². The van der Waals surface area contributed by atoms with E-state index in [9.17, 15) is 4.57 Å². The van der Waals surface area contributed by atoms with Crippen LogP contribution in [0.25, 0.3) is 0 Å². The predicted octanol–water partition coefficient (Wildman–Crippen LogP) is 3.18. The second kappa shape index (κ2) is 6.27. The summed E-state index contributed by atoms with van der Waals surface area (Å²) in [5.74, 6) is 0. The molecule has 0 radical (unpaired) electrons. The Labute approximate surface area is 74.3 Å². The van der Waals surface area contributed by atoms with Gasteiger partial charge in [0.15, 0.2) is 0 Å². The van der Waals surface area contributed by atoms with Crippen molar-refractivity contribution in [2.75, 3.05) is 12.8 Å². The van der Waals surface area contributed by atoms with E-state index in [1.54, 1.807) is 19.9 Å². The molecule has 0 heterocycles. The Bertz CT molecular complexity index is 177. The molecule has 0 saturated carbocycles. The Balaban J connectivity index is 3.96. The zero-order chi connectivity index (χ0) is 9.45. The summed E-state index contributed by atoms with van der Waals surface area (Å²) >= 11 is 0. The summed E-state index contributed by atoms with van der Waals surface area (Å²) in [5.41, 5.74) is 0. The Morgan fingerprint density at radius 3 is 2.42 bits per heavy atom. The largest absolute Gasteiger partial charge is 0.433 e. The van der Waals surface area contributed by atoms with Gasteiger partial charge in [0.05, 0.1) is 19.0 Å². The normalized spacial score (nSPS) is 16.2. The van der Waals surface area contributed by atoms with Crippen molar-refractivity contribution in [3.63, 3.8) is 0 Å². The van der Waals surface area contributed by atoms with Gasteiger partial charge < -0.3 is 9.05 Å². The molecule has 0 rings (SSSR count). The van der Waals surface area contributed by atoms with Crippen LogP contribution in [0.5, 0.6) is 0 Å². The first-order valence-electron chi connectivity index (χ1n) is 4.25. The lowest BCUT2D eigenvalue weighted by Gasteiger charge is -2.13. The zero-order valence-electron chi connectivity index (χ0n) is 7.95. The minimum absolute atomic E-state index is 0.412. The van der Waals surface area contributed by atoms with Crippen LogP contribution < -0.4 is 0 Å². The molecular formula is C8H17O3P. The summed E-state index contributed by atoms with van der Waals surface area (Å²) < 4.78 is 21.6. The smallest absolute Gasteiger partial charge is 0.378 e. The standard InChI is InChI=1S/C8H17O3P/c1-4-7-8-11-12(9,6-3)10-5-2/h7-8H,4-6H2,1-3H3. The van der Waals surface area contributed by atoms with Gasteiger partial charge in [-0.3, -0.25) is 0 Å². The minimum Gasteiger partial charge on any atom is -0.433 e. The third kappa shape index (κ3) is 4.58. The first-order valence-corrected chi connectivity index (χ1v) is 5.98. The summed E-state index contributed by atoms with van der Waals surface area (Å²) in [6.07, 6.45) is 4.55. The second-order valence-corrected chi connectivity index (χ2v) is 4.55. The highest BCUT2D eigenvalue weighted by atomic mass is 31.2. The fourth-order valence-corrected chi connectivity index (χ4v) is 1.68. The molecule has 0 aliphatic rings. The van der Waals surface area contributed by atoms with Gasteiger partial charge in [0.25, 0.3) is 0 Å². The van der Waals surface area contributed by atoms with Crippen LogP contribution in [0.3, 0.4) is 0 Å². The van der Waals surface area contributed by atoms with E-state index in [0.717, 1.165) is 6.42 Å². The van der Waals surface area contributed by atoms with Crippen molar-refractivity contribution in [3.8, 4) is 0 Å². The third-order valence-corrected chi connectivity index (χ3v) is 3.14. The van der Waals surface area contributed by atoms with Gasteiger partial charge in [0.1, 0.15) is 0 Å². The van der Waals surface area contributed by atoms with Crippen LogP contribution in [0.2, 0.25) is 0 Å². The molecule has 0 aliphatic carbocycles. The molecule has 3 nitrogen and oxygen atoms in total. The highest BCUT2D eigenvalue weighted by molar-refractivity contribution is 7.53. The molecular weight excluding hydrogens is 175 g/mol. The van der Waals surface area contributed by atoms with E-state index in [-0.39, 0.29) is 0 Å². The highest BCUT2D eigenvalue weighted by Crippen LogP contribution is 2.47. The number of rotatable bonds is 6. The molecule has 0 saturated heterocycles. The van der Waals surface area contributed by atoms with Crippen LogP contribution in [0.4, 0.5) is 0 Å². The average Bonchev–Trinajstić information content (AvgIpc) is 2.06. The molecule has 4 heteroatoms. The van der Waals surface area contributed by atoms with E-state index >= 15 is 0 Å². The molecule has 0 N–H and O–H groups in total. The zero-order valence-corrected chi connectivity index (χ0v) is 8.84.